The van der Waals surface area contributed by atoms with Gasteiger partial charge in [0.2, 0.25) is 16.9 Å². The van der Waals surface area contributed by atoms with Gasteiger partial charge in [0, 0.05) is 29.6 Å². The van der Waals surface area contributed by atoms with E-state index in [0.29, 0.717) is 28.1 Å². The third-order valence-electron chi connectivity index (χ3n) is 5.64. The topological polar surface area (TPSA) is 75.2 Å². The van der Waals surface area contributed by atoms with Gasteiger partial charge in [-0.2, -0.15) is 0 Å². The molecule has 0 bridgehead atoms. The van der Waals surface area contributed by atoms with Gasteiger partial charge in [-0.05, 0) is 37.5 Å². The number of carbonyl (C=O) groups excluding carboxylic acids is 2. The number of halogens is 1. The van der Waals surface area contributed by atoms with Crippen molar-refractivity contribution in [2.45, 2.75) is 52.0 Å². The van der Waals surface area contributed by atoms with E-state index in [-0.39, 0.29) is 30.2 Å². The fourth-order valence-electron chi connectivity index (χ4n) is 3.62. The van der Waals surface area contributed by atoms with E-state index in [2.05, 4.69) is 15.5 Å². The summed E-state index contributed by atoms with van der Waals surface area (Å²) >= 11 is 7.33. The molecule has 0 saturated carbocycles. The molecule has 0 unspecified atom stereocenters. The van der Waals surface area contributed by atoms with Crippen LogP contribution in [-0.4, -0.2) is 39.5 Å². The lowest BCUT2D eigenvalue weighted by Crippen LogP contribution is -2.42. The van der Waals surface area contributed by atoms with E-state index in [1.807, 2.05) is 68.1 Å². The molecule has 0 aliphatic rings. The first kappa shape index (κ1) is 24.9. The van der Waals surface area contributed by atoms with E-state index >= 15 is 0 Å². The Morgan fingerprint density at radius 3 is 2.48 bits per heavy atom. The molecule has 2 amide bonds. The fraction of sp³-hybridized carbons (Fsp3) is 0.360. The number of carbonyl (C=O) groups is 2. The monoisotopic (exact) mass is 484 g/mol. The van der Waals surface area contributed by atoms with Gasteiger partial charge in [0.05, 0.1) is 5.92 Å². The summed E-state index contributed by atoms with van der Waals surface area (Å²) in [7, 11) is 0. The smallest absolute Gasteiger partial charge is 0.230 e. The lowest BCUT2D eigenvalue weighted by Gasteiger charge is -2.32. The second-order valence-corrected chi connectivity index (χ2v) is 9.30. The molecule has 33 heavy (non-hydrogen) atoms. The highest BCUT2D eigenvalue weighted by atomic mass is 35.5. The second kappa shape index (κ2) is 11.9. The van der Waals surface area contributed by atoms with Crippen molar-refractivity contribution in [3.8, 4) is 10.6 Å². The Bertz CT molecular complexity index is 1070. The number of benzene rings is 2. The van der Waals surface area contributed by atoms with Crippen LogP contribution in [0, 0.1) is 0 Å². The summed E-state index contributed by atoms with van der Waals surface area (Å²) in [6.07, 6.45) is 1.71. The van der Waals surface area contributed by atoms with Crippen molar-refractivity contribution < 1.29 is 9.59 Å². The van der Waals surface area contributed by atoms with Crippen LogP contribution < -0.4 is 5.32 Å². The summed E-state index contributed by atoms with van der Waals surface area (Å²) in [5.41, 5.74) is 1.85. The molecule has 0 fully saturated rings. The quantitative estimate of drug-likeness (QED) is 0.382. The minimum atomic E-state index is -0.216. The maximum atomic E-state index is 13.4. The van der Waals surface area contributed by atoms with Crippen LogP contribution in [-0.2, 0) is 9.59 Å². The molecule has 1 heterocycles. The van der Waals surface area contributed by atoms with Gasteiger partial charge in [-0.25, -0.2) is 0 Å². The van der Waals surface area contributed by atoms with Crippen LogP contribution in [0.2, 0.25) is 5.02 Å². The lowest BCUT2D eigenvalue weighted by atomic mass is 9.94. The van der Waals surface area contributed by atoms with Crippen LogP contribution in [0.1, 0.15) is 51.5 Å². The molecule has 6 nitrogen and oxygen atoms in total. The number of hydrogen-bond acceptors (Lipinski definition) is 5. The Hall–Kier alpha value is -2.77. The molecule has 1 aromatic heterocycles. The number of nitrogens with one attached hydrogen (secondary N) is 1. The van der Waals surface area contributed by atoms with Crippen molar-refractivity contribution in [1.82, 2.24) is 15.1 Å². The average molecular weight is 485 g/mol. The Kier molecular flexibility index (Phi) is 8.97. The van der Waals surface area contributed by atoms with Crippen molar-refractivity contribution in [2.75, 3.05) is 11.9 Å². The van der Waals surface area contributed by atoms with Gasteiger partial charge in [0.25, 0.3) is 0 Å². The molecule has 0 spiro atoms. The van der Waals surface area contributed by atoms with Gasteiger partial charge in [-0.1, -0.05) is 79.2 Å². The van der Waals surface area contributed by atoms with Crippen molar-refractivity contribution in [3.63, 3.8) is 0 Å². The summed E-state index contributed by atoms with van der Waals surface area (Å²) in [5.74, 6) is -0.352. The SMILES string of the molecule is CC[C@@H](C(=O)N(CCC(=O)Nc1nnc(-c2cccc(Cl)c2)s1)[C@@H](C)CC)c1ccccc1. The Balaban J connectivity index is 1.64. The summed E-state index contributed by atoms with van der Waals surface area (Å²) < 4.78 is 0. The molecule has 1 N–H and O–H groups in total. The van der Waals surface area contributed by atoms with Crippen LogP contribution in [0.3, 0.4) is 0 Å². The number of hydrogen-bond donors (Lipinski definition) is 1. The van der Waals surface area contributed by atoms with Gasteiger partial charge in [-0.3, -0.25) is 9.59 Å². The standard InChI is InChI=1S/C25H29ClN4O2S/c1-4-17(3)30(24(32)21(5-2)18-10-7-6-8-11-18)15-14-22(31)27-25-29-28-23(33-25)19-12-9-13-20(26)16-19/h6-13,16-17,21H,4-5,14-15H2,1-3H3,(H,27,29,31)/t17-,21+/m0/s1. The maximum Gasteiger partial charge on any atom is 0.230 e. The number of anilines is 1. The molecule has 0 saturated heterocycles. The van der Waals surface area contributed by atoms with Crippen molar-refractivity contribution in [2.24, 2.45) is 0 Å². The van der Waals surface area contributed by atoms with E-state index in [4.69, 9.17) is 11.6 Å². The largest absolute Gasteiger partial charge is 0.339 e. The van der Waals surface area contributed by atoms with Crippen LogP contribution in [0.15, 0.2) is 54.6 Å². The average Bonchev–Trinajstić information content (AvgIpc) is 3.28. The first-order chi connectivity index (χ1) is 15.9. The summed E-state index contributed by atoms with van der Waals surface area (Å²) in [6, 6.07) is 17.2. The Labute approximate surface area is 204 Å². The van der Waals surface area contributed by atoms with Gasteiger partial charge in [0.15, 0.2) is 0 Å². The molecule has 0 radical (unpaired) electrons. The fourth-order valence-corrected chi connectivity index (χ4v) is 4.57. The van der Waals surface area contributed by atoms with Crippen molar-refractivity contribution in [3.05, 3.63) is 65.2 Å². The molecule has 8 heteroatoms. The van der Waals surface area contributed by atoms with E-state index < -0.39 is 0 Å². The molecule has 3 rings (SSSR count). The number of rotatable bonds is 10. The highest BCUT2D eigenvalue weighted by Crippen LogP contribution is 2.28. The highest BCUT2D eigenvalue weighted by Gasteiger charge is 2.27. The van der Waals surface area contributed by atoms with E-state index in [9.17, 15) is 9.59 Å². The van der Waals surface area contributed by atoms with Crippen molar-refractivity contribution in [1.29, 1.82) is 0 Å². The molecule has 174 valence electrons. The van der Waals surface area contributed by atoms with Gasteiger partial charge in [0.1, 0.15) is 5.01 Å². The Morgan fingerprint density at radius 2 is 1.82 bits per heavy atom. The molecular formula is C25H29ClN4O2S. The zero-order valence-corrected chi connectivity index (χ0v) is 20.7. The lowest BCUT2D eigenvalue weighted by molar-refractivity contribution is -0.135. The zero-order valence-electron chi connectivity index (χ0n) is 19.1. The molecule has 2 atom stereocenters. The third kappa shape index (κ3) is 6.62. The van der Waals surface area contributed by atoms with Gasteiger partial charge >= 0.3 is 0 Å². The molecule has 3 aromatic rings. The second-order valence-electron chi connectivity index (χ2n) is 7.88. The first-order valence-corrected chi connectivity index (χ1v) is 12.4. The molecule has 0 aliphatic carbocycles. The summed E-state index contributed by atoms with van der Waals surface area (Å²) in [4.78, 5) is 27.9. The van der Waals surface area contributed by atoms with Crippen LogP contribution in [0.4, 0.5) is 5.13 Å². The van der Waals surface area contributed by atoms with Gasteiger partial charge < -0.3 is 10.2 Å². The predicted molar refractivity (Wildman–Crippen MR) is 135 cm³/mol. The summed E-state index contributed by atoms with van der Waals surface area (Å²) in [5, 5.41) is 12.7. The molecule has 0 aliphatic heterocycles. The van der Waals surface area contributed by atoms with Crippen LogP contribution in [0.25, 0.3) is 10.6 Å². The van der Waals surface area contributed by atoms with E-state index in [0.717, 1.165) is 17.5 Å². The highest BCUT2D eigenvalue weighted by molar-refractivity contribution is 7.18. The van der Waals surface area contributed by atoms with Crippen molar-refractivity contribution >= 4 is 39.9 Å². The maximum absolute atomic E-state index is 13.4. The number of nitrogens with zero attached hydrogens (tertiary/aromatic N) is 3. The van der Waals surface area contributed by atoms with Gasteiger partial charge in [-0.15, -0.1) is 10.2 Å². The van der Waals surface area contributed by atoms with Crippen LogP contribution in [0.5, 0.6) is 0 Å². The number of amides is 2. The molecular weight excluding hydrogens is 456 g/mol. The third-order valence-corrected chi connectivity index (χ3v) is 6.76. The van der Waals surface area contributed by atoms with Crippen LogP contribution >= 0.6 is 22.9 Å². The molecule has 2 aromatic carbocycles. The van der Waals surface area contributed by atoms with E-state index in [1.165, 1.54) is 11.3 Å². The first-order valence-electron chi connectivity index (χ1n) is 11.2. The van der Waals surface area contributed by atoms with E-state index in [1.54, 1.807) is 12.1 Å². The predicted octanol–water partition coefficient (Wildman–Crippen LogP) is 6.01. The zero-order chi connectivity index (χ0) is 23.8. The minimum Gasteiger partial charge on any atom is -0.339 e. The summed E-state index contributed by atoms with van der Waals surface area (Å²) in [6.45, 7) is 6.44. The number of aromatic nitrogens is 2. The normalized spacial score (nSPS) is 12.7. The minimum absolute atomic E-state index is 0.0408. The Morgan fingerprint density at radius 1 is 1.06 bits per heavy atom.